The van der Waals surface area contributed by atoms with E-state index >= 15 is 0 Å². The molecule has 0 aliphatic heterocycles. The molecule has 0 saturated carbocycles. The van der Waals surface area contributed by atoms with Gasteiger partial charge in [-0.25, -0.2) is 8.42 Å². The van der Waals surface area contributed by atoms with Gasteiger partial charge in [0.2, 0.25) is 5.56 Å². The third-order valence-corrected chi connectivity index (χ3v) is 3.97. The molecule has 0 aliphatic rings. The van der Waals surface area contributed by atoms with Gasteiger partial charge in [-0.1, -0.05) is 12.1 Å². The van der Waals surface area contributed by atoms with Crippen molar-refractivity contribution < 1.29 is 13.2 Å². The molecule has 0 aliphatic carbocycles. The van der Waals surface area contributed by atoms with Gasteiger partial charge in [0.1, 0.15) is 0 Å². The standard InChI is InChI=1S/C13H12N2O4S/c1-9(16)10-3-2-4-12(7-10)20(18,19)15-11-5-6-13(17)14-8-11/h2-8,15H,1H3,(H,14,17). The van der Waals surface area contributed by atoms with Gasteiger partial charge in [0.25, 0.3) is 10.0 Å². The number of H-pyrrole nitrogens is 1. The minimum atomic E-state index is -3.81. The number of pyridine rings is 1. The van der Waals surface area contributed by atoms with Crippen molar-refractivity contribution >= 4 is 21.5 Å². The number of ketones is 1. The van der Waals surface area contributed by atoms with Crippen LogP contribution < -0.4 is 10.3 Å². The van der Waals surface area contributed by atoms with Crippen molar-refractivity contribution in [1.29, 1.82) is 0 Å². The Kier molecular flexibility index (Phi) is 3.71. The molecule has 1 aromatic carbocycles. The predicted molar refractivity (Wildman–Crippen MR) is 74.3 cm³/mol. The van der Waals surface area contributed by atoms with E-state index in [1.165, 1.54) is 43.5 Å². The van der Waals surface area contributed by atoms with Crippen molar-refractivity contribution in [3.05, 3.63) is 58.5 Å². The molecule has 6 nitrogen and oxygen atoms in total. The Labute approximate surface area is 115 Å². The normalized spacial score (nSPS) is 11.1. The summed E-state index contributed by atoms with van der Waals surface area (Å²) in [5.41, 5.74) is 0.221. The van der Waals surface area contributed by atoms with E-state index in [9.17, 15) is 18.0 Å². The first-order chi connectivity index (χ1) is 9.38. The van der Waals surface area contributed by atoms with Crippen LogP contribution in [0.5, 0.6) is 0 Å². The summed E-state index contributed by atoms with van der Waals surface area (Å²) >= 11 is 0. The molecule has 2 rings (SSSR count). The van der Waals surface area contributed by atoms with Crippen molar-refractivity contribution in [3.63, 3.8) is 0 Å². The fraction of sp³-hybridized carbons (Fsp3) is 0.0769. The van der Waals surface area contributed by atoms with E-state index in [1.54, 1.807) is 6.07 Å². The van der Waals surface area contributed by atoms with E-state index in [1.807, 2.05) is 0 Å². The summed E-state index contributed by atoms with van der Waals surface area (Å²) in [7, 11) is -3.81. The summed E-state index contributed by atoms with van der Waals surface area (Å²) < 4.78 is 26.6. The number of aromatic nitrogens is 1. The van der Waals surface area contributed by atoms with Crippen molar-refractivity contribution in [3.8, 4) is 0 Å². The van der Waals surface area contributed by atoms with Crippen LogP contribution in [0.1, 0.15) is 17.3 Å². The van der Waals surface area contributed by atoms with Crippen LogP contribution in [-0.4, -0.2) is 19.2 Å². The van der Waals surface area contributed by atoms with Gasteiger partial charge in [-0.2, -0.15) is 0 Å². The summed E-state index contributed by atoms with van der Waals surface area (Å²) in [6.45, 7) is 1.36. The van der Waals surface area contributed by atoms with Crippen LogP contribution in [0.25, 0.3) is 0 Å². The number of hydrogen-bond acceptors (Lipinski definition) is 4. The van der Waals surface area contributed by atoms with Gasteiger partial charge in [-0.3, -0.25) is 14.3 Å². The molecule has 2 aromatic rings. The summed E-state index contributed by atoms with van der Waals surface area (Å²) in [4.78, 5) is 24.5. The maximum absolute atomic E-state index is 12.1. The summed E-state index contributed by atoms with van der Waals surface area (Å²) in [5, 5.41) is 0. The second-order valence-electron chi connectivity index (χ2n) is 4.13. The van der Waals surface area contributed by atoms with Crippen molar-refractivity contribution in [2.24, 2.45) is 0 Å². The number of rotatable bonds is 4. The number of benzene rings is 1. The van der Waals surface area contributed by atoms with E-state index in [-0.39, 0.29) is 21.9 Å². The van der Waals surface area contributed by atoms with Gasteiger partial charge >= 0.3 is 0 Å². The lowest BCUT2D eigenvalue weighted by Gasteiger charge is -2.08. The SMILES string of the molecule is CC(=O)c1cccc(S(=O)(=O)Nc2ccc(=O)[nH]c2)c1. The van der Waals surface area contributed by atoms with Crippen molar-refractivity contribution in [2.75, 3.05) is 4.72 Å². The molecule has 7 heteroatoms. The minimum Gasteiger partial charge on any atom is -0.327 e. The monoisotopic (exact) mass is 292 g/mol. The summed E-state index contributed by atoms with van der Waals surface area (Å²) in [6, 6.07) is 8.30. The van der Waals surface area contributed by atoms with Crippen LogP contribution >= 0.6 is 0 Å². The molecule has 0 unspecified atom stereocenters. The maximum Gasteiger partial charge on any atom is 0.261 e. The molecular formula is C13H12N2O4S. The Bertz CT molecular complexity index is 789. The molecule has 0 fully saturated rings. The van der Waals surface area contributed by atoms with Gasteiger partial charge in [-0.05, 0) is 25.1 Å². The molecule has 0 atom stereocenters. The van der Waals surface area contributed by atoms with Gasteiger partial charge in [-0.15, -0.1) is 0 Å². The van der Waals surface area contributed by atoms with Gasteiger partial charge in [0, 0.05) is 17.8 Å². The van der Waals surface area contributed by atoms with Crippen LogP contribution in [0.4, 0.5) is 5.69 Å². The molecule has 1 aromatic heterocycles. The highest BCUT2D eigenvalue weighted by Crippen LogP contribution is 2.16. The van der Waals surface area contributed by atoms with Crippen LogP contribution in [-0.2, 0) is 10.0 Å². The zero-order chi connectivity index (χ0) is 14.8. The Morgan fingerprint density at radius 1 is 1.20 bits per heavy atom. The zero-order valence-corrected chi connectivity index (χ0v) is 11.4. The number of carbonyl (C=O) groups excluding carboxylic acids is 1. The molecule has 20 heavy (non-hydrogen) atoms. The molecule has 0 bridgehead atoms. The highest BCUT2D eigenvalue weighted by atomic mass is 32.2. The van der Waals surface area contributed by atoms with Crippen molar-refractivity contribution in [1.82, 2.24) is 4.98 Å². The first-order valence-corrected chi connectivity index (χ1v) is 7.19. The molecule has 0 spiro atoms. The van der Waals surface area contributed by atoms with Crippen molar-refractivity contribution in [2.45, 2.75) is 11.8 Å². The number of sulfonamides is 1. The topological polar surface area (TPSA) is 96.1 Å². The smallest absolute Gasteiger partial charge is 0.261 e. The average Bonchev–Trinajstić information content (AvgIpc) is 2.41. The first kappa shape index (κ1) is 14.0. The van der Waals surface area contributed by atoms with E-state index in [4.69, 9.17) is 0 Å². The third-order valence-electron chi connectivity index (χ3n) is 2.59. The summed E-state index contributed by atoms with van der Waals surface area (Å²) in [6.07, 6.45) is 1.26. The van der Waals surface area contributed by atoms with E-state index < -0.39 is 10.0 Å². The second-order valence-corrected chi connectivity index (χ2v) is 5.81. The fourth-order valence-corrected chi connectivity index (χ4v) is 2.67. The molecule has 2 N–H and O–H groups in total. The highest BCUT2D eigenvalue weighted by molar-refractivity contribution is 7.92. The van der Waals surface area contributed by atoms with Gasteiger partial charge < -0.3 is 4.98 Å². The molecular weight excluding hydrogens is 280 g/mol. The summed E-state index contributed by atoms with van der Waals surface area (Å²) in [5.74, 6) is -0.217. The van der Waals surface area contributed by atoms with Gasteiger partial charge in [0.15, 0.2) is 5.78 Å². The van der Waals surface area contributed by atoms with Crippen LogP contribution in [0.2, 0.25) is 0 Å². The quantitative estimate of drug-likeness (QED) is 0.832. The second kappa shape index (κ2) is 5.30. The van der Waals surface area contributed by atoms with Crippen LogP contribution in [0, 0.1) is 0 Å². The van der Waals surface area contributed by atoms with Crippen LogP contribution in [0.15, 0.2) is 52.3 Å². The molecule has 0 amide bonds. The average molecular weight is 292 g/mol. The fourth-order valence-electron chi connectivity index (χ4n) is 1.57. The highest BCUT2D eigenvalue weighted by Gasteiger charge is 2.15. The lowest BCUT2D eigenvalue weighted by Crippen LogP contribution is -2.14. The van der Waals surface area contributed by atoms with E-state index in [0.29, 0.717) is 5.56 Å². The third kappa shape index (κ3) is 3.12. The predicted octanol–water partition coefficient (Wildman–Crippen LogP) is 1.38. The molecule has 0 saturated heterocycles. The number of carbonyl (C=O) groups is 1. The van der Waals surface area contributed by atoms with Gasteiger partial charge in [0.05, 0.1) is 10.6 Å². The Balaban J connectivity index is 2.35. The number of hydrogen-bond donors (Lipinski definition) is 2. The lowest BCUT2D eigenvalue weighted by atomic mass is 10.2. The van der Waals surface area contributed by atoms with E-state index in [2.05, 4.69) is 9.71 Å². The number of Topliss-reactive ketones (excluding diaryl/α,β-unsaturated/α-hetero) is 1. The number of anilines is 1. The molecule has 104 valence electrons. The molecule has 0 radical (unpaired) electrons. The first-order valence-electron chi connectivity index (χ1n) is 5.71. The Hall–Kier alpha value is -2.41. The van der Waals surface area contributed by atoms with Crippen LogP contribution in [0.3, 0.4) is 0 Å². The maximum atomic E-state index is 12.1. The molecule has 1 heterocycles. The number of aromatic amines is 1. The minimum absolute atomic E-state index is 0.0172. The van der Waals surface area contributed by atoms with E-state index in [0.717, 1.165) is 0 Å². The Morgan fingerprint density at radius 2 is 1.95 bits per heavy atom. The largest absolute Gasteiger partial charge is 0.327 e. The Morgan fingerprint density at radius 3 is 2.55 bits per heavy atom. The number of nitrogens with one attached hydrogen (secondary N) is 2. The zero-order valence-electron chi connectivity index (χ0n) is 10.6. The lowest BCUT2D eigenvalue weighted by molar-refractivity contribution is 0.101.